The first kappa shape index (κ1) is 14.8. The van der Waals surface area contributed by atoms with Crippen LogP contribution in [0.3, 0.4) is 0 Å². The third-order valence-corrected chi connectivity index (χ3v) is 4.78. The number of rotatable bonds is 4. The molecule has 2 rings (SSSR count). The summed E-state index contributed by atoms with van der Waals surface area (Å²) in [4.78, 5) is 16.9. The Bertz CT molecular complexity index is 300. The minimum Gasteiger partial charge on any atom is -0.344 e. The average molecular weight is 267 g/mol. The van der Waals surface area contributed by atoms with E-state index in [1.165, 1.54) is 19.4 Å². The van der Waals surface area contributed by atoms with Crippen molar-refractivity contribution in [3.63, 3.8) is 0 Å². The van der Waals surface area contributed by atoms with E-state index in [4.69, 9.17) is 0 Å². The van der Waals surface area contributed by atoms with Gasteiger partial charge in [0.1, 0.15) is 0 Å². The fraction of sp³-hybridized carbons (Fsp3) is 0.933. The predicted octanol–water partition coefficient (Wildman–Crippen LogP) is 1.32. The van der Waals surface area contributed by atoms with Crippen molar-refractivity contribution in [1.82, 2.24) is 15.1 Å². The Kier molecular flexibility index (Phi) is 5.22. The lowest BCUT2D eigenvalue weighted by Gasteiger charge is -2.32. The number of carbonyl (C=O) groups is 1. The van der Waals surface area contributed by atoms with Crippen molar-refractivity contribution in [3.8, 4) is 0 Å². The highest BCUT2D eigenvalue weighted by atomic mass is 16.2. The molecule has 2 heterocycles. The molecule has 1 amide bonds. The molecule has 2 saturated heterocycles. The van der Waals surface area contributed by atoms with E-state index in [9.17, 15) is 4.79 Å². The SMILES string of the molecule is CCN1CCCC1CN(C)C(=O)C1CCC(C)NC1. The Morgan fingerprint density at radius 3 is 2.79 bits per heavy atom. The van der Waals surface area contributed by atoms with Crippen LogP contribution in [0, 0.1) is 5.92 Å². The number of carbonyl (C=O) groups excluding carboxylic acids is 1. The highest BCUT2D eigenvalue weighted by Crippen LogP contribution is 2.20. The Labute approximate surface area is 117 Å². The highest BCUT2D eigenvalue weighted by Gasteiger charge is 2.30. The summed E-state index contributed by atoms with van der Waals surface area (Å²) in [6.07, 6.45) is 4.68. The second-order valence-electron chi connectivity index (χ2n) is 6.23. The van der Waals surface area contributed by atoms with Gasteiger partial charge in [0.25, 0.3) is 0 Å². The maximum Gasteiger partial charge on any atom is 0.226 e. The monoisotopic (exact) mass is 267 g/mol. The van der Waals surface area contributed by atoms with E-state index in [-0.39, 0.29) is 5.92 Å². The minimum absolute atomic E-state index is 0.192. The van der Waals surface area contributed by atoms with E-state index in [0.29, 0.717) is 18.0 Å². The molecule has 4 nitrogen and oxygen atoms in total. The van der Waals surface area contributed by atoms with Crippen molar-refractivity contribution in [2.75, 3.05) is 33.2 Å². The number of hydrogen-bond donors (Lipinski definition) is 1. The number of hydrogen-bond acceptors (Lipinski definition) is 3. The third-order valence-electron chi connectivity index (χ3n) is 4.78. The molecule has 0 spiro atoms. The van der Waals surface area contributed by atoms with Crippen LogP contribution in [0.15, 0.2) is 0 Å². The van der Waals surface area contributed by atoms with Gasteiger partial charge in [-0.2, -0.15) is 0 Å². The largest absolute Gasteiger partial charge is 0.344 e. The van der Waals surface area contributed by atoms with Gasteiger partial charge >= 0.3 is 0 Å². The molecule has 2 aliphatic heterocycles. The molecule has 0 radical (unpaired) electrons. The summed E-state index contributed by atoms with van der Waals surface area (Å²) in [6, 6.07) is 1.15. The van der Waals surface area contributed by atoms with Crippen LogP contribution in [0.1, 0.15) is 39.5 Å². The van der Waals surface area contributed by atoms with E-state index in [1.54, 1.807) is 0 Å². The van der Waals surface area contributed by atoms with Crippen LogP contribution in [0.2, 0.25) is 0 Å². The van der Waals surface area contributed by atoms with E-state index in [1.807, 2.05) is 11.9 Å². The lowest BCUT2D eigenvalue weighted by atomic mass is 9.94. The normalized spacial score (nSPS) is 32.5. The van der Waals surface area contributed by atoms with Crippen molar-refractivity contribution in [2.24, 2.45) is 5.92 Å². The summed E-state index contributed by atoms with van der Waals surface area (Å²) in [5.41, 5.74) is 0. The number of likely N-dealkylation sites (tertiary alicyclic amines) is 1. The molecule has 110 valence electrons. The molecule has 2 aliphatic rings. The second kappa shape index (κ2) is 6.71. The van der Waals surface area contributed by atoms with E-state index in [0.717, 1.165) is 32.5 Å². The molecular formula is C15H29N3O. The summed E-state index contributed by atoms with van der Waals surface area (Å²) in [5.74, 6) is 0.528. The number of amides is 1. The fourth-order valence-corrected chi connectivity index (χ4v) is 3.45. The van der Waals surface area contributed by atoms with Crippen molar-refractivity contribution in [2.45, 2.75) is 51.6 Å². The summed E-state index contributed by atoms with van der Waals surface area (Å²) in [5, 5.41) is 3.42. The van der Waals surface area contributed by atoms with Crippen LogP contribution >= 0.6 is 0 Å². The van der Waals surface area contributed by atoms with Gasteiger partial charge in [-0.05, 0) is 45.7 Å². The van der Waals surface area contributed by atoms with Crippen LogP contribution in [-0.4, -0.2) is 61.0 Å². The van der Waals surface area contributed by atoms with Crippen molar-refractivity contribution in [1.29, 1.82) is 0 Å². The van der Waals surface area contributed by atoms with Crippen LogP contribution in [0.4, 0.5) is 0 Å². The van der Waals surface area contributed by atoms with Gasteiger partial charge < -0.3 is 10.2 Å². The van der Waals surface area contributed by atoms with Gasteiger partial charge in [-0.3, -0.25) is 9.69 Å². The first-order valence-electron chi connectivity index (χ1n) is 7.84. The topological polar surface area (TPSA) is 35.6 Å². The molecule has 3 atom stereocenters. The molecule has 1 N–H and O–H groups in total. The minimum atomic E-state index is 0.192. The molecule has 0 aromatic heterocycles. The smallest absolute Gasteiger partial charge is 0.226 e. The lowest BCUT2D eigenvalue weighted by molar-refractivity contribution is -0.135. The lowest BCUT2D eigenvalue weighted by Crippen LogP contribution is -2.47. The molecule has 2 fully saturated rings. The molecule has 3 unspecified atom stereocenters. The zero-order valence-corrected chi connectivity index (χ0v) is 12.7. The van der Waals surface area contributed by atoms with Gasteiger partial charge in [0, 0.05) is 32.2 Å². The summed E-state index contributed by atoms with van der Waals surface area (Å²) < 4.78 is 0. The highest BCUT2D eigenvalue weighted by molar-refractivity contribution is 5.79. The van der Waals surface area contributed by atoms with Gasteiger partial charge in [-0.1, -0.05) is 6.92 Å². The molecule has 0 aromatic rings. The molecule has 0 bridgehead atoms. The number of nitrogens with one attached hydrogen (secondary N) is 1. The molecule has 19 heavy (non-hydrogen) atoms. The van der Waals surface area contributed by atoms with Crippen LogP contribution < -0.4 is 5.32 Å². The average Bonchev–Trinajstić information content (AvgIpc) is 2.86. The number of nitrogens with zero attached hydrogens (tertiary/aromatic N) is 2. The molecule has 0 saturated carbocycles. The Morgan fingerprint density at radius 2 is 2.16 bits per heavy atom. The Balaban J connectivity index is 1.82. The third kappa shape index (κ3) is 3.69. The van der Waals surface area contributed by atoms with Crippen LogP contribution in [0.5, 0.6) is 0 Å². The van der Waals surface area contributed by atoms with Gasteiger partial charge in [-0.25, -0.2) is 0 Å². The van der Waals surface area contributed by atoms with Gasteiger partial charge in [0.15, 0.2) is 0 Å². The Hall–Kier alpha value is -0.610. The van der Waals surface area contributed by atoms with E-state index >= 15 is 0 Å². The first-order valence-corrected chi connectivity index (χ1v) is 7.84. The quantitative estimate of drug-likeness (QED) is 0.834. The zero-order chi connectivity index (χ0) is 13.8. The predicted molar refractivity (Wildman–Crippen MR) is 78.1 cm³/mol. The standard InChI is InChI=1S/C15H29N3O/c1-4-18-9-5-6-14(18)11-17(3)15(19)13-8-7-12(2)16-10-13/h12-14,16H,4-11H2,1-3H3. The number of likely N-dealkylation sites (N-methyl/N-ethyl adjacent to an activating group) is 2. The summed E-state index contributed by atoms with van der Waals surface area (Å²) >= 11 is 0. The molecule has 4 heteroatoms. The maximum atomic E-state index is 12.5. The number of piperidine rings is 1. The maximum absolute atomic E-state index is 12.5. The van der Waals surface area contributed by atoms with Gasteiger partial charge in [-0.15, -0.1) is 0 Å². The van der Waals surface area contributed by atoms with Crippen LogP contribution in [0.25, 0.3) is 0 Å². The van der Waals surface area contributed by atoms with Gasteiger partial charge in [0.2, 0.25) is 5.91 Å². The van der Waals surface area contributed by atoms with E-state index in [2.05, 4.69) is 24.1 Å². The summed E-state index contributed by atoms with van der Waals surface area (Å²) in [6.45, 7) is 8.47. The zero-order valence-electron chi connectivity index (χ0n) is 12.7. The first-order chi connectivity index (χ1) is 9.11. The van der Waals surface area contributed by atoms with Crippen molar-refractivity contribution >= 4 is 5.91 Å². The van der Waals surface area contributed by atoms with E-state index < -0.39 is 0 Å². The Morgan fingerprint density at radius 1 is 1.37 bits per heavy atom. The van der Waals surface area contributed by atoms with Crippen molar-refractivity contribution in [3.05, 3.63) is 0 Å². The molecule has 0 aliphatic carbocycles. The fourth-order valence-electron chi connectivity index (χ4n) is 3.45. The molecule has 0 aromatic carbocycles. The summed E-state index contributed by atoms with van der Waals surface area (Å²) in [7, 11) is 1.98. The van der Waals surface area contributed by atoms with Crippen molar-refractivity contribution < 1.29 is 4.79 Å². The van der Waals surface area contributed by atoms with Crippen LogP contribution in [-0.2, 0) is 4.79 Å². The van der Waals surface area contributed by atoms with Gasteiger partial charge in [0.05, 0.1) is 5.92 Å². The second-order valence-corrected chi connectivity index (χ2v) is 6.23. The molecular weight excluding hydrogens is 238 g/mol.